The fourth-order valence-electron chi connectivity index (χ4n) is 2.76. The monoisotopic (exact) mass is 528 g/mol. The summed E-state index contributed by atoms with van der Waals surface area (Å²) in [5.41, 5.74) is 0.578. The zero-order chi connectivity index (χ0) is 24.3. The van der Waals surface area contributed by atoms with E-state index in [4.69, 9.17) is 27.9 Å². The number of thiazole rings is 1. The van der Waals surface area contributed by atoms with Crippen LogP contribution in [-0.2, 0) is 11.8 Å². The summed E-state index contributed by atoms with van der Waals surface area (Å²) in [5.74, 6) is 0.740. The van der Waals surface area contributed by atoms with E-state index >= 15 is 0 Å². The van der Waals surface area contributed by atoms with E-state index < -0.39 is 6.10 Å². The number of ether oxygens (including phenoxy) is 1. The molecule has 1 unspecified atom stereocenters. The number of carbonyl (C=O) groups is 2. The van der Waals surface area contributed by atoms with Crippen molar-refractivity contribution in [2.45, 2.75) is 25.1 Å². The summed E-state index contributed by atoms with van der Waals surface area (Å²) in [4.78, 5) is 30.8. The van der Waals surface area contributed by atoms with Crippen molar-refractivity contribution in [2.75, 3.05) is 25.2 Å². The highest BCUT2D eigenvalue weighted by molar-refractivity contribution is 7.99. The second-order valence-electron chi connectivity index (χ2n) is 7.20. The lowest BCUT2D eigenvalue weighted by Gasteiger charge is -2.15. The zero-order valence-electron chi connectivity index (χ0n) is 18.5. The Labute approximate surface area is 209 Å². The summed E-state index contributed by atoms with van der Waals surface area (Å²) in [6, 6.07) is 4.98. The number of benzene rings is 1. The summed E-state index contributed by atoms with van der Waals surface area (Å²) in [5, 5.41) is 12.9. The van der Waals surface area contributed by atoms with Crippen LogP contribution in [0.2, 0.25) is 10.0 Å². The first-order valence-corrected chi connectivity index (χ1v) is 12.2. The molecule has 0 aliphatic rings. The summed E-state index contributed by atoms with van der Waals surface area (Å²) >= 11 is 14.5. The van der Waals surface area contributed by atoms with Gasteiger partial charge in [0.15, 0.2) is 22.2 Å². The average Bonchev–Trinajstić information content (AvgIpc) is 3.29. The molecular weight excluding hydrogens is 507 g/mol. The molecule has 2 aromatic heterocycles. The molecule has 13 heteroatoms. The fourth-order valence-corrected chi connectivity index (χ4v) is 4.93. The molecule has 0 saturated heterocycles. The van der Waals surface area contributed by atoms with E-state index in [1.807, 2.05) is 6.92 Å². The van der Waals surface area contributed by atoms with Crippen molar-refractivity contribution in [3.63, 3.8) is 0 Å². The fraction of sp³-hybridized carbons (Fsp3) is 0.350. The first kappa shape index (κ1) is 25.3. The number of aromatic nitrogens is 4. The Morgan fingerprint density at radius 3 is 2.70 bits per heavy atom. The Bertz CT molecular complexity index is 1180. The van der Waals surface area contributed by atoms with Gasteiger partial charge in [0.05, 0.1) is 16.5 Å². The van der Waals surface area contributed by atoms with Gasteiger partial charge in [-0.2, -0.15) is 0 Å². The van der Waals surface area contributed by atoms with Gasteiger partial charge in [-0.15, -0.1) is 10.2 Å². The maximum atomic E-state index is 12.4. The molecule has 176 valence electrons. The lowest BCUT2D eigenvalue weighted by molar-refractivity contribution is -0.113. The van der Waals surface area contributed by atoms with Crippen molar-refractivity contribution in [2.24, 2.45) is 7.05 Å². The van der Waals surface area contributed by atoms with Crippen LogP contribution in [0.4, 0.5) is 5.13 Å². The third kappa shape index (κ3) is 6.17. The number of nitrogens with zero attached hydrogens (tertiary/aromatic N) is 5. The lowest BCUT2D eigenvalue weighted by atomic mass is 10.3. The van der Waals surface area contributed by atoms with Crippen LogP contribution in [0.25, 0.3) is 0 Å². The highest BCUT2D eigenvalue weighted by atomic mass is 35.5. The molecule has 1 aromatic carbocycles. The Balaban J connectivity index is 1.59. The summed E-state index contributed by atoms with van der Waals surface area (Å²) in [6.07, 6.45) is -0.435. The van der Waals surface area contributed by atoms with Gasteiger partial charge in [-0.25, -0.2) is 4.98 Å². The average molecular weight is 529 g/mol. The molecular formula is C20H22Cl2N6O3S2. The van der Waals surface area contributed by atoms with Crippen LogP contribution in [0.3, 0.4) is 0 Å². The second kappa shape index (κ2) is 10.7. The summed E-state index contributed by atoms with van der Waals surface area (Å²) in [7, 11) is 5.13. The van der Waals surface area contributed by atoms with Gasteiger partial charge in [0.2, 0.25) is 5.91 Å². The molecule has 0 aliphatic carbocycles. The number of thioether (sulfide) groups is 1. The van der Waals surface area contributed by atoms with Gasteiger partial charge in [-0.1, -0.05) is 46.3 Å². The van der Waals surface area contributed by atoms with Gasteiger partial charge in [0.1, 0.15) is 10.6 Å². The van der Waals surface area contributed by atoms with Crippen LogP contribution in [0, 0.1) is 6.92 Å². The van der Waals surface area contributed by atoms with E-state index in [2.05, 4.69) is 20.5 Å². The molecule has 0 saturated carbocycles. The Morgan fingerprint density at radius 2 is 2.03 bits per heavy atom. The van der Waals surface area contributed by atoms with E-state index in [9.17, 15) is 9.59 Å². The first-order chi connectivity index (χ1) is 15.6. The quantitative estimate of drug-likeness (QED) is 0.430. The summed E-state index contributed by atoms with van der Waals surface area (Å²) in [6.45, 7) is 3.56. The Morgan fingerprint density at radius 1 is 1.30 bits per heavy atom. The maximum absolute atomic E-state index is 12.4. The Kier molecular flexibility index (Phi) is 8.22. The highest BCUT2D eigenvalue weighted by Crippen LogP contribution is 2.31. The number of carbonyl (C=O) groups excluding carboxylic acids is 2. The number of hydrogen-bond donors (Lipinski definition) is 1. The highest BCUT2D eigenvalue weighted by Gasteiger charge is 2.21. The van der Waals surface area contributed by atoms with Gasteiger partial charge < -0.3 is 19.5 Å². The van der Waals surface area contributed by atoms with Crippen molar-refractivity contribution >= 4 is 63.2 Å². The number of rotatable bonds is 8. The van der Waals surface area contributed by atoms with E-state index in [1.54, 1.807) is 50.8 Å². The third-order valence-electron chi connectivity index (χ3n) is 4.41. The smallest absolute Gasteiger partial charge is 0.265 e. The lowest BCUT2D eigenvalue weighted by Crippen LogP contribution is -2.21. The van der Waals surface area contributed by atoms with Crippen molar-refractivity contribution < 1.29 is 14.3 Å². The van der Waals surface area contributed by atoms with Gasteiger partial charge in [0.25, 0.3) is 5.91 Å². The zero-order valence-corrected chi connectivity index (χ0v) is 21.7. The van der Waals surface area contributed by atoms with Crippen molar-refractivity contribution in [1.29, 1.82) is 0 Å². The van der Waals surface area contributed by atoms with Crippen LogP contribution in [-0.4, -0.2) is 56.3 Å². The molecule has 0 aliphatic heterocycles. The molecule has 2 heterocycles. The predicted octanol–water partition coefficient (Wildman–Crippen LogP) is 4.46. The van der Waals surface area contributed by atoms with Crippen LogP contribution in [0.5, 0.6) is 5.75 Å². The van der Waals surface area contributed by atoms with Crippen LogP contribution < -0.4 is 10.1 Å². The van der Waals surface area contributed by atoms with Gasteiger partial charge >= 0.3 is 0 Å². The number of aryl methyl sites for hydroxylation is 1. The summed E-state index contributed by atoms with van der Waals surface area (Å²) < 4.78 is 7.65. The number of amides is 2. The molecule has 3 aromatic rings. The van der Waals surface area contributed by atoms with Crippen molar-refractivity contribution in [1.82, 2.24) is 24.6 Å². The molecule has 33 heavy (non-hydrogen) atoms. The molecule has 0 radical (unpaired) electrons. The van der Waals surface area contributed by atoms with Gasteiger partial charge in [0, 0.05) is 26.2 Å². The maximum Gasteiger partial charge on any atom is 0.265 e. The van der Waals surface area contributed by atoms with E-state index in [0.29, 0.717) is 42.5 Å². The normalized spacial score (nSPS) is 11.8. The van der Waals surface area contributed by atoms with Gasteiger partial charge in [-0.3, -0.25) is 9.59 Å². The van der Waals surface area contributed by atoms with Crippen LogP contribution in [0.1, 0.15) is 34.2 Å². The van der Waals surface area contributed by atoms with Gasteiger partial charge in [-0.05, 0) is 32.0 Å². The molecule has 0 spiro atoms. The topological polar surface area (TPSA) is 102 Å². The molecule has 3 rings (SSSR count). The molecule has 1 N–H and O–H groups in total. The molecule has 0 bridgehead atoms. The van der Waals surface area contributed by atoms with Crippen molar-refractivity contribution in [3.05, 3.63) is 44.6 Å². The first-order valence-electron chi connectivity index (χ1n) is 9.69. The van der Waals surface area contributed by atoms with E-state index in [1.165, 1.54) is 16.7 Å². The molecule has 2 amide bonds. The Hall–Kier alpha value is -2.34. The minimum atomic E-state index is -0.435. The van der Waals surface area contributed by atoms with Crippen molar-refractivity contribution in [3.8, 4) is 5.75 Å². The molecule has 9 nitrogen and oxygen atoms in total. The van der Waals surface area contributed by atoms with Crippen LogP contribution in [0.15, 0.2) is 23.4 Å². The second-order valence-corrected chi connectivity index (χ2v) is 9.99. The standard InChI is InChI=1S/C20H22Cl2N6O3S2/c1-10-16(18(30)27(3)4)33-19(23-10)24-15(29)9-32-20-26-25-17(28(20)5)11(2)31-14-7-6-12(21)8-13(14)22/h6-8,11H,9H2,1-5H3,(H,23,24,29). The number of halogens is 2. The predicted molar refractivity (Wildman–Crippen MR) is 131 cm³/mol. The SMILES string of the molecule is Cc1nc(NC(=O)CSc2nnc(C(C)Oc3ccc(Cl)cc3Cl)n2C)sc1C(=O)N(C)C. The largest absolute Gasteiger partial charge is 0.481 e. The minimum absolute atomic E-state index is 0.0970. The molecule has 0 fully saturated rings. The minimum Gasteiger partial charge on any atom is -0.481 e. The third-order valence-corrected chi connectivity index (χ3v) is 7.02. The molecule has 1 atom stereocenters. The van der Waals surface area contributed by atoms with E-state index in [-0.39, 0.29) is 17.6 Å². The number of hydrogen-bond acceptors (Lipinski definition) is 8. The van der Waals surface area contributed by atoms with E-state index in [0.717, 1.165) is 11.3 Å². The number of anilines is 1. The van der Waals surface area contributed by atoms with Crippen LogP contribution >= 0.6 is 46.3 Å². The number of nitrogens with one attached hydrogen (secondary N) is 1.